The van der Waals surface area contributed by atoms with Crippen LogP contribution in [-0.2, 0) is 4.74 Å². The summed E-state index contributed by atoms with van der Waals surface area (Å²) >= 11 is 1.51. The predicted molar refractivity (Wildman–Crippen MR) is 87.6 cm³/mol. The van der Waals surface area contributed by atoms with Gasteiger partial charge in [0.25, 0.3) is 5.91 Å². The Morgan fingerprint density at radius 3 is 3.00 bits per heavy atom. The van der Waals surface area contributed by atoms with Crippen LogP contribution in [0.1, 0.15) is 10.4 Å². The number of anilines is 1. The Kier molecular flexibility index (Phi) is 4.15. The average Bonchev–Trinajstić information content (AvgIpc) is 3.30. The highest BCUT2D eigenvalue weighted by Gasteiger charge is 2.44. The minimum atomic E-state index is -0.441. The second-order valence-electron chi connectivity index (χ2n) is 6.12. The largest absolute Gasteiger partial charge is 0.376 e. The summed E-state index contributed by atoms with van der Waals surface area (Å²) in [6, 6.07) is 1.82. The molecule has 6 nitrogen and oxygen atoms in total. The van der Waals surface area contributed by atoms with Crippen LogP contribution in [0.25, 0.3) is 0 Å². The van der Waals surface area contributed by atoms with Crippen LogP contribution in [0.4, 0.5) is 10.3 Å². The molecule has 0 saturated carbocycles. The quantitative estimate of drug-likeness (QED) is 0.908. The Bertz CT molecular complexity index is 709. The number of carbonyl (C=O) groups excluding carboxylic acids is 1. The number of hydrogen-bond donors (Lipinski definition) is 1. The van der Waals surface area contributed by atoms with Crippen LogP contribution in [0, 0.1) is 17.7 Å². The summed E-state index contributed by atoms with van der Waals surface area (Å²) < 4.78 is 18.8. The van der Waals surface area contributed by atoms with Gasteiger partial charge in [-0.3, -0.25) is 4.79 Å². The smallest absolute Gasteiger partial charge is 0.252 e. The Balaban J connectivity index is 1.36. The molecule has 2 saturated heterocycles. The molecule has 2 aliphatic rings. The number of halogens is 1. The zero-order chi connectivity index (χ0) is 16.5. The minimum absolute atomic E-state index is 0.0450. The van der Waals surface area contributed by atoms with Crippen molar-refractivity contribution in [2.24, 2.45) is 11.8 Å². The first-order valence-corrected chi connectivity index (χ1v) is 8.79. The maximum Gasteiger partial charge on any atom is 0.252 e. The van der Waals surface area contributed by atoms with Crippen molar-refractivity contribution in [3.63, 3.8) is 0 Å². The van der Waals surface area contributed by atoms with Gasteiger partial charge in [0.1, 0.15) is 0 Å². The predicted octanol–water partition coefficient (Wildman–Crippen LogP) is 1.56. The molecule has 2 aliphatic heterocycles. The zero-order valence-electron chi connectivity index (χ0n) is 12.9. The minimum Gasteiger partial charge on any atom is -0.376 e. The molecule has 0 aliphatic carbocycles. The van der Waals surface area contributed by atoms with Gasteiger partial charge in [-0.15, -0.1) is 0 Å². The topological polar surface area (TPSA) is 67.3 Å². The molecule has 0 unspecified atom stereocenters. The van der Waals surface area contributed by atoms with Gasteiger partial charge in [0.15, 0.2) is 5.82 Å². The lowest BCUT2D eigenvalue weighted by Gasteiger charge is -2.19. The standard InChI is InChI=1S/C16H17FN4O2S/c17-12-4-19-16(20-5-12)21-6-13-11(8-23-14(13)7-21)3-18-15(22)10-1-2-24-9-10/h1-2,4-5,9,11,13-14H,3,6-8H2,(H,18,22)/t11-,13+,14+/m0/s1. The molecule has 2 aromatic rings. The maximum absolute atomic E-state index is 13.0. The van der Waals surface area contributed by atoms with Crippen molar-refractivity contribution in [3.8, 4) is 0 Å². The number of rotatable bonds is 4. The van der Waals surface area contributed by atoms with Crippen molar-refractivity contribution >= 4 is 23.2 Å². The van der Waals surface area contributed by atoms with Gasteiger partial charge in [-0.1, -0.05) is 0 Å². The normalized spacial score (nSPS) is 25.7. The third kappa shape index (κ3) is 2.99. The fourth-order valence-corrected chi connectivity index (χ4v) is 4.00. The van der Waals surface area contributed by atoms with E-state index in [0.29, 0.717) is 37.1 Å². The van der Waals surface area contributed by atoms with E-state index in [1.54, 1.807) is 0 Å². The lowest BCUT2D eigenvalue weighted by Crippen LogP contribution is -2.34. The van der Waals surface area contributed by atoms with E-state index in [2.05, 4.69) is 15.3 Å². The molecule has 126 valence electrons. The van der Waals surface area contributed by atoms with E-state index in [9.17, 15) is 9.18 Å². The molecule has 24 heavy (non-hydrogen) atoms. The molecule has 0 radical (unpaired) electrons. The van der Waals surface area contributed by atoms with E-state index < -0.39 is 5.82 Å². The van der Waals surface area contributed by atoms with Gasteiger partial charge in [-0.25, -0.2) is 14.4 Å². The molecular weight excluding hydrogens is 331 g/mol. The van der Waals surface area contributed by atoms with Gasteiger partial charge in [0.05, 0.1) is 25.1 Å². The van der Waals surface area contributed by atoms with Crippen LogP contribution in [0.3, 0.4) is 0 Å². The summed E-state index contributed by atoms with van der Waals surface area (Å²) in [6.07, 6.45) is 2.47. The van der Waals surface area contributed by atoms with Crippen LogP contribution < -0.4 is 10.2 Å². The van der Waals surface area contributed by atoms with Gasteiger partial charge in [0, 0.05) is 42.4 Å². The van der Waals surface area contributed by atoms with Crippen molar-refractivity contribution in [1.29, 1.82) is 0 Å². The lowest BCUT2D eigenvalue weighted by molar-refractivity contribution is 0.0940. The number of fused-ring (bicyclic) bond motifs is 1. The van der Waals surface area contributed by atoms with E-state index in [1.807, 2.05) is 21.7 Å². The summed E-state index contributed by atoms with van der Waals surface area (Å²) in [7, 11) is 0. The first kappa shape index (κ1) is 15.5. The molecule has 0 spiro atoms. The second-order valence-corrected chi connectivity index (χ2v) is 6.90. The second kappa shape index (κ2) is 6.45. The Morgan fingerprint density at radius 2 is 2.25 bits per heavy atom. The molecule has 0 bridgehead atoms. The third-order valence-electron chi connectivity index (χ3n) is 4.64. The van der Waals surface area contributed by atoms with E-state index in [0.717, 1.165) is 6.54 Å². The molecule has 8 heteroatoms. The molecule has 2 aromatic heterocycles. The molecule has 1 N–H and O–H groups in total. The summed E-state index contributed by atoms with van der Waals surface area (Å²) in [5, 5.41) is 6.72. The summed E-state index contributed by atoms with van der Waals surface area (Å²) in [5.41, 5.74) is 0.697. The van der Waals surface area contributed by atoms with Gasteiger partial charge >= 0.3 is 0 Å². The third-order valence-corrected chi connectivity index (χ3v) is 5.32. The summed E-state index contributed by atoms with van der Waals surface area (Å²) in [5.74, 6) is 0.625. The fourth-order valence-electron chi connectivity index (χ4n) is 3.36. The number of nitrogens with zero attached hydrogens (tertiary/aromatic N) is 3. The Hall–Kier alpha value is -2.06. The first-order valence-electron chi connectivity index (χ1n) is 7.85. The Labute approximate surface area is 142 Å². The van der Waals surface area contributed by atoms with Crippen LogP contribution in [0.2, 0.25) is 0 Å². The van der Waals surface area contributed by atoms with Gasteiger partial charge in [-0.05, 0) is 11.4 Å². The number of hydrogen-bond acceptors (Lipinski definition) is 6. The highest BCUT2D eigenvalue weighted by Crippen LogP contribution is 2.34. The lowest BCUT2D eigenvalue weighted by atomic mass is 9.93. The van der Waals surface area contributed by atoms with Crippen LogP contribution in [0.5, 0.6) is 0 Å². The van der Waals surface area contributed by atoms with Crippen molar-refractivity contribution < 1.29 is 13.9 Å². The van der Waals surface area contributed by atoms with Gasteiger partial charge < -0.3 is 15.0 Å². The number of nitrogens with one attached hydrogen (secondary N) is 1. The molecule has 2 fully saturated rings. The number of aromatic nitrogens is 2. The van der Waals surface area contributed by atoms with E-state index in [-0.39, 0.29) is 17.9 Å². The number of thiophene rings is 1. The van der Waals surface area contributed by atoms with Crippen molar-refractivity contribution in [2.45, 2.75) is 6.10 Å². The van der Waals surface area contributed by atoms with E-state index in [1.165, 1.54) is 23.7 Å². The summed E-state index contributed by atoms with van der Waals surface area (Å²) in [4.78, 5) is 22.1. The number of carbonyl (C=O) groups is 1. The van der Waals surface area contributed by atoms with Crippen LogP contribution in [-0.4, -0.2) is 48.2 Å². The fraction of sp³-hybridized carbons (Fsp3) is 0.438. The highest BCUT2D eigenvalue weighted by atomic mass is 32.1. The SMILES string of the molecule is O=C(NC[C@H]1CO[C@@H]2CN(c3ncc(F)cn3)C[C@H]12)c1ccsc1. The maximum atomic E-state index is 13.0. The molecular formula is C16H17FN4O2S. The van der Waals surface area contributed by atoms with Crippen molar-refractivity contribution in [3.05, 3.63) is 40.6 Å². The first-order chi connectivity index (χ1) is 11.7. The van der Waals surface area contributed by atoms with Crippen LogP contribution >= 0.6 is 11.3 Å². The monoisotopic (exact) mass is 348 g/mol. The van der Waals surface area contributed by atoms with Gasteiger partial charge in [-0.2, -0.15) is 11.3 Å². The van der Waals surface area contributed by atoms with E-state index in [4.69, 9.17) is 4.74 Å². The molecule has 1 amide bonds. The summed E-state index contributed by atoms with van der Waals surface area (Å²) in [6.45, 7) is 2.70. The average molecular weight is 348 g/mol. The van der Waals surface area contributed by atoms with Crippen molar-refractivity contribution in [2.75, 3.05) is 31.1 Å². The zero-order valence-corrected chi connectivity index (χ0v) is 13.7. The number of amides is 1. The van der Waals surface area contributed by atoms with E-state index >= 15 is 0 Å². The molecule has 4 heterocycles. The molecule has 4 rings (SSSR count). The number of ether oxygens (including phenoxy) is 1. The molecule has 3 atom stereocenters. The van der Waals surface area contributed by atoms with Crippen LogP contribution in [0.15, 0.2) is 29.2 Å². The van der Waals surface area contributed by atoms with Crippen molar-refractivity contribution in [1.82, 2.24) is 15.3 Å². The van der Waals surface area contributed by atoms with Gasteiger partial charge in [0.2, 0.25) is 5.95 Å². The Morgan fingerprint density at radius 1 is 1.42 bits per heavy atom. The highest BCUT2D eigenvalue weighted by molar-refractivity contribution is 7.08. The molecule has 0 aromatic carbocycles.